The molecule has 0 saturated carbocycles. The number of nitrogens with one attached hydrogen (secondary N) is 2. The Morgan fingerprint density at radius 2 is 1.75 bits per heavy atom. The third kappa shape index (κ3) is 4.28. The molecule has 0 unspecified atom stereocenters. The molecule has 1 aliphatic rings. The van der Waals surface area contributed by atoms with Crippen molar-refractivity contribution >= 4 is 39.6 Å². The molecule has 0 aliphatic carbocycles. The number of nitrogens with zero attached hydrogens (tertiary/aromatic N) is 3. The molecule has 3 heterocycles. The van der Waals surface area contributed by atoms with Crippen molar-refractivity contribution in [2.45, 2.75) is 51.2 Å². The molecule has 9 nitrogen and oxygen atoms in total. The van der Waals surface area contributed by atoms with Gasteiger partial charge in [0.2, 0.25) is 0 Å². The second-order valence-electron chi connectivity index (χ2n) is 9.38. The van der Waals surface area contributed by atoms with Crippen LogP contribution in [0.5, 0.6) is 0 Å². The first kappa shape index (κ1) is 23.5. The summed E-state index contributed by atoms with van der Waals surface area (Å²) in [6.45, 7) is 4.03. The Bertz CT molecular complexity index is 1480. The zero-order valence-corrected chi connectivity index (χ0v) is 20.1. The van der Waals surface area contributed by atoms with Gasteiger partial charge < -0.3 is 20.6 Å². The van der Waals surface area contributed by atoms with Gasteiger partial charge in [0.25, 0.3) is 10.9 Å². The number of pyridine rings is 2. The lowest BCUT2D eigenvalue weighted by molar-refractivity contribution is -0.137. The van der Waals surface area contributed by atoms with Gasteiger partial charge in [-0.05, 0) is 61.9 Å². The van der Waals surface area contributed by atoms with E-state index < -0.39 is 22.9 Å². The summed E-state index contributed by atoms with van der Waals surface area (Å²) in [6.07, 6.45) is 7.20. The van der Waals surface area contributed by atoms with Crippen molar-refractivity contribution in [1.29, 1.82) is 0 Å². The molecule has 184 valence electrons. The van der Waals surface area contributed by atoms with Crippen LogP contribution in [0.25, 0.3) is 10.8 Å². The number of rotatable bonds is 8. The van der Waals surface area contributed by atoms with E-state index in [2.05, 4.69) is 20.6 Å². The quantitative estimate of drug-likeness (QED) is 0.322. The van der Waals surface area contributed by atoms with Gasteiger partial charge in [0, 0.05) is 48.2 Å². The molecule has 1 aliphatic heterocycles. The van der Waals surface area contributed by atoms with E-state index in [0.29, 0.717) is 11.5 Å². The maximum absolute atomic E-state index is 12.4. The van der Waals surface area contributed by atoms with Crippen LogP contribution < -0.4 is 26.4 Å². The van der Waals surface area contributed by atoms with Gasteiger partial charge in [0.05, 0.1) is 0 Å². The molecule has 5 rings (SSSR count). The summed E-state index contributed by atoms with van der Waals surface area (Å²) in [5.74, 6) is -0.414. The van der Waals surface area contributed by atoms with Gasteiger partial charge in [-0.25, -0.2) is 9.78 Å². The van der Waals surface area contributed by atoms with Crippen LogP contribution in [-0.4, -0.2) is 39.2 Å². The zero-order valence-electron chi connectivity index (χ0n) is 20.1. The highest BCUT2D eigenvalue weighted by molar-refractivity contribution is 5.92. The van der Waals surface area contributed by atoms with Crippen molar-refractivity contribution in [2.75, 3.05) is 15.5 Å². The lowest BCUT2D eigenvalue weighted by atomic mass is 10.0. The highest BCUT2D eigenvalue weighted by atomic mass is 16.4. The topological polar surface area (TPSA) is 125 Å². The maximum Gasteiger partial charge on any atom is 0.326 e. The number of benzene rings is 1. The average Bonchev–Trinajstić information content (AvgIpc) is 3.21. The van der Waals surface area contributed by atoms with E-state index in [-0.39, 0.29) is 24.2 Å². The second-order valence-corrected chi connectivity index (χ2v) is 9.38. The number of fused-ring (bicyclic) bond motifs is 1. The lowest BCUT2D eigenvalue weighted by Crippen LogP contribution is -2.48. The average molecular weight is 486 g/mol. The molecule has 2 aromatic carbocycles. The summed E-state index contributed by atoms with van der Waals surface area (Å²) >= 11 is 0. The normalized spacial score (nSPS) is 18.4. The highest BCUT2D eigenvalue weighted by Gasteiger charge is 2.36. The van der Waals surface area contributed by atoms with Gasteiger partial charge in [-0.2, -0.15) is 0 Å². The summed E-state index contributed by atoms with van der Waals surface area (Å²) in [5, 5.41) is 17.9. The first-order valence-corrected chi connectivity index (χ1v) is 12.0. The number of aliphatic carboxylic acids is 1. The number of hydrogen-bond acceptors (Lipinski definition) is 8. The van der Waals surface area contributed by atoms with E-state index in [4.69, 9.17) is 0 Å². The first-order chi connectivity index (χ1) is 17.3. The van der Waals surface area contributed by atoms with Crippen molar-refractivity contribution < 1.29 is 9.90 Å². The molecule has 0 bridgehead atoms. The number of carboxylic acids is 1. The highest BCUT2D eigenvalue weighted by Crippen LogP contribution is 2.33. The Labute approximate surface area is 207 Å². The number of aromatic nitrogens is 2. The summed E-state index contributed by atoms with van der Waals surface area (Å²) in [5.41, 5.74) is 0.803. The summed E-state index contributed by atoms with van der Waals surface area (Å²) in [6, 6.07) is 10.4. The Kier molecular flexibility index (Phi) is 6.13. The summed E-state index contributed by atoms with van der Waals surface area (Å²) in [7, 11) is 0. The molecular formula is C27H27N5O4. The SMILES string of the molecule is C[C@@H]1CC[C@H](C)N1c1c(N[C@@H](Cc2ccc(Nc3nccc4ccncc34)cc2)C(=O)O)c(=O)c1=O. The fourth-order valence-corrected chi connectivity index (χ4v) is 4.98. The van der Waals surface area contributed by atoms with E-state index in [9.17, 15) is 19.5 Å². The first-order valence-electron chi connectivity index (χ1n) is 12.0. The number of carboxylic acid groups (broad SMARTS) is 1. The fourth-order valence-electron chi connectivity index (χ4n) is 4.98. The van der Waals surface area contributed by atoms with Gasteiger partial charge >= 0.3 is 5.97 Å². The molecule has 2 aromatic heterocycles. The molecule has 0 spiro atoms. The molecule has 0 radical (unpaired) electrons. The Balaban J connectivity index is 1.32. The van der Waals surface area contributed by atoms with E-state index in [1.165, 1.54) is 0 Å². The minimum atomic E-state index is -1.09. The summed E-state index contributed by atoms with van der Waals surface area (Å²) in [4.78, 5) is 47.3. The molecule has 3 atom stereocenters. The minimum absolute atomic E-state index is 0.113. The van der Waals surface area contributed by atoms with Crippen LogP contribution in [0, 0.1) is 0 Å². The number of carbonyl (C=O) groups is 1. The Hall–Kier alpha value is -4.27. The van der Waals surface area contributed by atoms with Crippen LogP contribution in [0.1, 0.15) is 32.3 Å². The van der Waals surface area contributed by atoms with Gasteiger partial charge in [-0.3, -0.25) is 14.6 Å². The van der Waals surface area contributed by atoms with E-state index >= 15 is 0 Å². The largest absolute Gasteiger partial charge is 0.480 e. The van der Waals surface area contributed by atoms with Crippen LogP contribution in [0.2, 0.25) is 0 Å². The van der Waals surface area contributed by atoms with Crippen LogP contribution in [0.15, 0.2) is 64.6 Å². The van der Waals surface area contributed by atoms with Crippen LogP contribution >= 0.6 is 0 Å². The van der Waals surface area contributed by atoms with Crippen molar-refractivity contribution in [3.8, 4) is 0 Å². The Morgan fingerprint density at radius 3 is 2.44 bits per heavy atom. The number of hydrogen-bond donors (Lipinski definition) is 3. The smallest absolute Gasteiger partial charge is 0.326 e. The van der Waals surface area contributed by atoms with Crippen LogP contribution in [-0.2, 0) is 11.2 Å². The molecule has 9 heteroatoms. The third-order valence-electron chi connectivity index (χ3n) is 6.94. The van der Waals surface area contributed by atoms with Gasteiger partial charge in [0.15, 0.2) is 0 Å². The van der Waals surface area contributed by atoms with Crippen molar-refractivity contribution in [3.05, 3.63) is 81.0 Å². The van der Waals surface area contributed by atoms with Crippen molar-refractivity contribution in [2.24, 2.45) is 0 Å². The van der Waals surface area contributed by atoms with Gasteiger partial charge in [-0.1, -0.05) is 12.1 Å². The lowest BCUT2D eigenvalue weighted by Gasteiger charge is -2.32. The van der Waals surface area contributed by atoms with Gasteiger partial charge in [0.1, 0.15) is 23.2 Å². The maximum atomic E-state index is 12.4. The van der Waals surface area contributed by atoms with Crippen LogP contribution in [0.4, 0.5) is 22.9 Å². The van der Waals surface area contributed by atoms with Gasteiger partial charge in [-0.15, -0.1) is 0 Å². The number of anilines is 4. The third-order valence-corrected chi connectivity index (χ3v) is 6.94. The van der Waals surface area contributed by atoms with E-state index in [0.717, 1.165) is 34.9 Å². The Morgan fingerprint density at radius 1 is 1.06 bits per heavy atom. The predicted octanol–water partition coefficient (Wildman–Crippen LogP) is 3.45. The molecule has 0 amide bonds. The molecule has 1 saturated heterocycles. The van der Waals surface area contributed by atoms with E-state index in [1.54, 1.807) is 18.6 Å². The molecule has 36 heavy (non-hydrogen) atoms. The fraction of sp³-hybridized carbons (Fsp3) is 0.296. The summed E-state index contributed by atoms with van der Waals surface area (Å²) < 4.78 is 0. The molecule has 4 aromatic rings. The monoisotopic (exact) mass is 485 g/mol. The van der Waals surface area contributed by atoms with E-state index in [1.807, 2.05) is 55.1 Å². The molecule has 3 N–H and O–H groups in total. The van der Waals surface area contributed by atoms with Crippen molar-refractivity contribution in [1.82, 2.24) is 9.97 Å². The molecule has 1 fully saturated rings. The standard InChI is InChI=1S/C27H27N5O4/c1-15-3-4-16(2)32(15)23-22(24(33)25(23)34)31-21(27(35)36)13-17-5-7-19(8-6-17)30-26-20-14-28-11-9-18(20)10-12-29-26/h5-12,14-16,21,31H,3-4,13H2,1-2H3,(H,29,30)(H,35,36)/t15-,16+,21-/m0/s1. The van der Waals surface area contributed by atoms with Crippen molar-refractivity contribution in [3.63, 3.8) is 0 Å². The zero-order chi connectivity index (χ0) is 25.4. The van der Waals surface area contributed by atoms with Crippen LogP contribution in [0.3, 0.4) is 0 Å². The molecular weight excluding hydrogens is 458 g/mol. The minimum Gasteiger partial charge on any atom is -0.480 e. The predicted molar refractivity (Wildman–Crippen MR) is 140 cm³/mol. The second kappa shape index (κ2) is 9.41.